The third-order valence-electron chi connectivity index (χ3n) is 3.09. The summed E-state index contributed by atoms with van der Waals surface area (Å²) < 4.78 is 10.0. The van der Waals surface area contributed by atoms with Gasteiger partial charge in [0.05, 0.1) is 23.4 Å². The molecular formula is C15H12N2O7. The van der Waals surface area contributed by atoms with Gasteiger partial charge in [0.15, 0.2) is 0 Å². The molecule has 0 aliphatic carbocycles. The monoisotopic (exact) mass is 332 g/mol. The molecule has 2 aromatic carbocycles. The van der Waals surface area contributed by atoms with Crippen molar-refractivity contribution < 1.29 is 24.1 Å². The number of ether oxygens (including phenoxy) is 2. The fourth-order valence-electron chi connectivity index (χ4n) is 1.94. The lowest BCUT2D eigenvalue weighted by Gasteiger charge is -2.08. The van der Waals surface area contributed by atoms with E-state index in [9.17, 15) is 25.0 Å². The minimum absolute atomic E-state index is 0.0857. The Hall–Kier alpha value is -3.49. The number of non-ortho nitro benzene ring substituents is 1. The molecule has 0 saturated carbocycles. The van der Waals surface area contributed by atoms with Crippen LogP contribution in [-0.4, -0.2) is 22.9 Å². The lowest BCUT2D eigenvalue weighted by Crippen LogP contribution is -2.07. The molecule has 24 heavy (non-hydrogen) atoms. The first-order valence-electron chi connectivity index (χ1n) is 6.67. The van der Waals surface area contributed by atoms with Crippen molar-refractivity contribution in [3.05, 3.63) is 68.3 Å². The number of rotatable bonds is 6. The molecule has 0 heterocycles. The van der Waals surface area contributed by atoms with Gasteiger partial charge in [0, 0.05) is 23.8 Å². The smallest absolute Gasteiger partial charge is 0.310 e. The Morgan fingerprint density at radius 1 is 1.00 bits per heavy atom. The van der Waals surface area contributed by atoms with Gasteiger partial charge in [-0.15, -0.1) is 0 Å². The minimum atomic E-state index is -0.620. The van der Waals surface area contributed by atoms with Crippen molar-refractivity contribution in [3.63, 3.8) is 0 Å². The summed E-state index contributed by atoms with van der Waals surface area (Å²) in [6.45, 7) is 0. The van der Waals surface area contributed by atoms with Crippen LogP contribution in [0.5, 0.6) is 11.5 Å². The summed E-state index contributed by atoms with van der Waals surface area (Å²) >= 11 is 0. The molecule has 0 spiro atoms. The van der Waals surface area contributed by atoms with E-state index in [4.69, 9.17) is 4.74 Å². The molecule has 0 aliphatic rings. The van der Waals surface area contributed by atoms with Crippen LogP contribution < -0.4 is 4.74 Å². The Morgan fingerprint density at radius 3 is 2.17 bits per heavy atom. The highest BCUT2D eigenvalue weighted by Crippen LogP contribution is 2.29. The van der Waals surface area contributed by atoms with Crippen molar-refractivity contribution in [2.45, 2.75) is 6.42 Å². The fraction of sp³-hybridized carbons (Fsp3) is 0.133. The number of hydrogen-bond acceptors (Lipinski definition) is 7. The normalized spacial score (nSPS) is 10.0. The molecule has 0 amide bonds. The van der Waals surface area contributed by atoms with Crippen molar-refractivity contribution in [2.75, 3.05) is 7.11 Å². The first kappa shape index (κ1) is 16.9. The predicted molar refractivity (Wildman–Crippen MR) is 82.0 cm³/mol. The molecule has 0 N–H and O–H groups in total. The number of nitro benzene ring substituents is 2. The number of methoxy groups -OCH3 is 1. The molecule has 0 fully saturated rings. The summed E-state index contributed by atoms with van der Waals surface area (Å²) in [5.74, 6) is -0.0441. The number of benzene rings is 2. The third-order valence-corrected chi connectivity index (χ3v) is 3.09. The summed E-state index contributed by atoms with van der Waals surface area (Å²) in [4.78, 5) is 31.9. The molecule has 0 saturated heterocycles. The van der Waals surface area contributed by atoms with E-state index >= 15 is 0 Å². The van der Waals surface area contributed by atoms with E-state index in [1.165, 1.54) is 49.6 Å². The molecule has 9 nitrogen and oxygen atoms in total. The number of hydrogen-bond donors (Lipinski definition) is 0. The van der Waals surface area contributed by atoms with Gasteiger partial charge < -0.3 is 9.47 Å². The first-order chi connectivity index (χ1) is 11.4. The van der Waals surface area contributed by atoms with Gasteiger partial charge in [0.2, 0.25) is 0 Å². The standard InChI is InChI=1S/C15H12N2O7/c1-23-15(18)9-10-8-13(6-7-14(10)17(21)22)24-12-4-2-11(3-5-12)16(19)20/h2-8H,9H2,1H3. The van der Waals surface area contributed by atoms with Gasteiger partial charge in [-0.25, -0.2) is 0 Å². The lowest BCUT2D eigenvalue weighted by molar-refractivity contribution is -0.385. The van der Waals surface area contributed by atoms with Crippen molar-refractivity contribution in [1.82, 2.24) is 0 Å². The summed E-state index contributed by atoms with van der Waals surface area (Å²) in [6.07, 6.45) is -0.274. The highest BCUT2D eigenvalue weighted by molar-refractivity contribution is 5.74. The van der Waals surface area contributed by atoms with E-state index in [1.54, 1.807) is 0 Å². The molecule has 9 heteroatoms. The molecule has 0 aromatic heterocycles. The average molecular weight is 332 g/mol. The van der Waals surface area contributed by atoms with Crippen LogP contribution in [0, 0.1) is 20.2 Å². The van der Waals surface area contributed by atoms with Gasteiger partial charge in [-0.05, 0) is 24.3 Å². The van der Waals surface area contributed by atoms with Gasteiger partial charge in [0.1, 0.15) is 11.5 Å². The Labute approximate surface area is 135 Å². The summed E-state index contributed by atoms with van der Waals surface area (Å²) in [7, 11) is 1.19. The lowest BCUT2D eigenvalue weighted by atomic mass is 10.1. The molecule has 2 aromatic rings. The number of carbonyl (C=O) groups is 1. The molecule has 2 rings (SSSR count). The zero-order valence-corrected chi connectivity index (χ0v) is 12.5. The van der Waals surface area contributed by atoms with Crippen LogP contribution in [0.2, 0.25) is 0 Å². The molecule has 0 radical (unpaired) electrons. The van der Waals surface area contributed by atoms with Gasteiger partial charge >= 0.3 is 5.97 Å². The predicted octanol–water partition coefficient (Wildman–Crippen LogP) is 3.01. The number of nitrogens with zero attached hydrogens (tertiary/aromatic N) is 2. The van der Waals surface area contributed by atoms with Crippen LogP contribution in [-0.2, 0) is 16.0 Å². The second-order valence-corrected chi connectivity index (χ2v) is 4.65. The molecule has 0 atom stereocenters. The van der Waals surface area contributed by atoms with Gasteiger partial charge in [-0.1, -0.05) is 0 Å². The van der Waals surface area contributed by atoms with Crippen LogP contribution in [0.1, 0.15) is 5.56 Å². The highest BCUT2D eigenvalue weighted by atomic mass is 16.6. The topological polar surface area (TPSA) is 122 Å². The zero-order chi connectivity index (χ0) is 17.7. The quantitative estimate of drug-likeness (QED) is 0.452. The van der Waals surface area contributed by atoms with Crippen molar-refractivity contribution in [2.24, 2.45) is 0 Å². The van der Waals surface area contributed by atoms with Crippen LogP contribution >= 0.6 is 0 Å². The maximum Gasteiger partial charge on any atom is 0.310 e. The van der Waals surface area contributed by atoms with E-state index in [-0.39, 0.29) is 29.1 Å². The summed E-state index contributed by atoms with van der Waals surface area (Å²) in [6, 6.07) is 9.31. The summed E-state index contributed by atoms with van der Waals surface area (Å²) in [5.41, 5.74) is -0.167. The Balaban J connectivity index is 2.27. The maximum absolute atomic E-state index is 11.4. The van der Waals surface area contributed by atoms with E-state index < -0.39 is 15.8 Å². The Bertz CT molecular complexity index is 787. The van der Waals surface area contributed by atoms with Gasteiger partial charge in [-0.3, -0.25) is 25.0 Å². The van der Waals surface area contributed by atoms with Gasteiger partial charge in [-0.2, -0.15) is 0 Å². The molecular weight excluding hydrogens is 320 g/mol. The largest absolute Gasteiger partial charge is 0.469 e. The second-order valence-electron chi connectivity index (χ2n) is 4.65. The molecule has 124 valence electrons. The molecule has 0 aliphatic heterocycles. The van der Waals surface area contributed by atoms with Crippen molar-refractivity contribution in [1.29, 1.82) is 0 Å². The first-order valence-corrected chi connectivity index (χ1v) is 6.67. The molecule has 0 bridgehead atoms. The minimum Gasteiger partial charge on any atom is -0.469 e. The van der Waals surface area contributed by atoms with Crippen LogP contribution in [0.25, 0.3) is 0 Å². The Morgan fingerprint density at radius 2 is 1.62 bits per heavy atom. The van der Waals surface area contributed by atoms with Crippen LogP contribution in [0.4, 0.5) is 11.4 Å². The van der Waals surface area contributed by atoms with E-state index in [0.717, 1.165) is 0 Å². The molecule has 0 unspecified atom stereocenters. The SMILES string of the molecule is COC(=O)Cc1cc(Oc2ccc([N+](=O)[O-])cc2)ccc1[N+](=O)[O-]. The second kappa shape index (κ2) is 7.18. The summed E-state index contributed by atoms with van der Waals surface area (Å²) in [5, 5.41) is 21.6. The maximum atomic E-state index is 11.4. The van der Waals surface area contributed by atoms with E-state index in [1.807, 2.05) is 0 Å². The van der Waals surface area contributed by atoms with Crippen molar-refractivity contribution >= 4 is 17.3 Å². The average Bonchev–Trinajstić information content (AvgIpc) is 2.55. The van der Waals surface area contributed by atoms with E-state index in [0.29, 0.717) is 5.75 Å². The number of nitro groups is 2. The third kappa shape index (κ3) is 4.03. The zero-order valence-electron chi connectivity index (χ0n) is 12.5. The van der Waals surface area contributed by atoms with Crippen LogP contribution in [0.15, 0.2) is 42.5 Å². The van der Waals surface area contributed by atoms with Crippen LogP contribution in [0.3, 0.4) is 0 Å². The highest BCUT2D eigenvalue weighted by Gasteiger charge is 2.18. The van der Waals surface area contributed by atoms with E-state index in [2.05, 4.69) is 4.74 Å². The van der Waals surface area contributed by atoms with Gasteiger partial charge in [0.25, 0.3) is 11.4 Å². The fourth-order valence-corrected chi connectivity index (χ4v) is 1.94. The number of esters is 1. The Kier molecular flexibility index (Phi) is 5.05. The number of carbonyl (C=O) groups excluding carboxylic acids is 1. The van der Waals surface area contributed by atoms with Crippen molar-refractivity contribution in [3.8, 4) is 11.5 Å².